The SMILES string of the molecule is O=S(=O)(CCCl)c1ncnc2c1CCCCC2. The fraction of sp³-hybridized carbons (Fsp3) is 0.636. The molecule has 0 spiro atoms. The second kappa shape index (κ2) is 5.31. The summed E-state index contributed by atoms with van der Waals surface area (Å²) in [5.74, 6) is 0.0408. The molecule has 1 aliphatic rings. The summed E-state index contributed by atoms with van der Waals surface area (Å²) in [5, 5.41) is 0.199. The fourth-order valence-electron chi connectivity index (χ4n) is 2.13. The first-order valence-corrected chi connectivity index (χ1v) is 7.95. The van der Waals surface area contributed by atoms with E-state index in [2.05, 4.69) is 9.97 Å². The minimum atomic E-state index is -3.35. The van der Waals surface area contributed by atoms with Gasteiger partial charge in [0.1, 0.15) is 6.33 Å². The second-order valence-electron chi connectivity index (χ2n) is 4.17. The van der Waals surface area contributed by atoms with E-state index < -0.39 is 9.84 Å². The third-order valence-corrected chi connectivity index (χ3v) is 5.07. The predicted octanol–water partition coefficient (Wildman–Crippen LogP) is 1.76. The van der Waals surface area contributed by atoms with E-state index in [1.54, 1.807) is 0 Å². The molecular weight excluding hydrogens is 260 g/mol. The Morgan fingerprint density at radius 2 is 1.94 bits per heavy atom. The molecule has 0 atom stereocenters. The van der Waals surface area contributed by atoms with Crippen LogP contribution in [0.15, 0.2) is 11.4 Å². The van der Waals surface area contributed by atoms with Gasteiger partial charge in [0, 0.05) is 17.1 Å². The third kappa shape index (κ3) is 2.77. The van der Waals surface area contributed by atoms with Gasteiger partial charge in [-0.2, -0.15) is 0 Å². The number of hydrogen-bond donors (Lipinski definition) is 0. The van der Waals surface area contributed by atoms with Crippen LogP contribution in [-0.4, -0.2) is 30.0 Å². The number of nitrogens with zero attached hydrogens (tertiary/aromatic N) is 2. The maximum atomic E-state index is 12.0. The van der Waals surface area contributed by atoms with E-state index in [1.165, 1.54) is 6.33 Å². The molecule has 0 saturated heterocycles. The number of halogens is 1. The summed E-state index contributed by atoms with van der Waals surface area (Å²) in [6, 6.07) is 0. The first kappa shape index (κ1) is 12.8. The normalized spacial score (nSPS) is 16.3. The zero-order chi connectivity index (χ0) is 12.3. The zero-order valence-electron chi connectivity index (χ0n) is 9.52. The molecule has 17 heavy (non-hydrogen) atoms. The van der Waals surface area contributed by atoms with Gasteiger partial charge in [-0.15, -0.1) is 11.6 Å². The van der Waals surface area contributed by atoms with Gasteiger partial charge in [0.2, 0.25) is 0 Å². The molecular formula is C11H15ClN2O2S. The van der Waals surface area contributed by atoms with Crippen molar-refractivity contribution in [3.8, 4) is 0 Å². The fourth-order valence-corrected chi connectivity index (χ4v) is 3.94. The summed E-state index contributed by atoms with van der Waals surface area (Å²) in [6.45, 7) is 0. The van der Waals surface area contributed by atoms with E-state index in [0.29, 0.717) is 0 Å². The van der Waals surface area contributed by atoms with Gasteiger partial charge in [-0.3, -0.25) is 0 Å². The monoisotopic (exact) mass is 274 g/mol. The van der Waals surface area contributed by atoms with Gasteiger partial charge in [-0.05, 0) is 25.7 Å². The topological polar surface area (TPSA) is 59.9 Å². The van der Waals surface area contributed by atoms with Crippen LogP contribution in [0.5, 0.6) is 0 Å². The summed E-state index contributed by atoms with van der Waals surface area (Å²) < 4.78 is 24.1. The number of aryl methyl sites for hydroxylation is 1. The van der Waals surface area contributed by atoms with Gasteiger partial charge in [0.15, 0.2) is 14.9 Å². The van der Waals surface area contributed by atoms with Crippen LogP contribution < -0.4 is 0 Å². The number of sulfone groups is 1. The first-order chi connectivity index (χ1) is 8.15. The summed E-state index contributed by atoms with van der Waals surface area (Å²) >= 11 is 5.53. The molecule has 1 aromatic rings. The van der Waals surface area contributed by atoms with E-state index in [1.807, 2.05) is 0 Å². The van der Waals surface area contributed by atoms with Crippen molar-refractivity contribution in [1.82, 2.24) is 9.97 Å². The van der Waals surface area contributed by atoms with E-state index >= 15 is 0 Å². The Hall–Kier alpha value is -0.680. The van der Waals surface area contributed by atoms with Crippen molar-refractivity contribution in [3.63, 3.8) is 0 Å². The van der Waals surface area contributed by atoms with Gasteiger partial charge in [0.25, 0.3) is 0 Å². The highest BCUT2D eigenvalue weighted by molar-refractivity contribution is 7.91. The Morgan fingerprint density at radius 1 is 1.18 bits per heavy atom. The molecule has 4 nitrogen and oxygen atoms in total. The molecule has 0 aliphatic heterocycles. The summed E-state index contributed by atoms with van der Waals surface area (Å²) in [6.07, 6.45) is 6.15. The minimum absolute atomic E-state index is 0.0575. The first-order valence-electron chi connectivity index (χ1n) is 5.76. The molecule has 0 aromatic carbocycles. The van der Waals surface area contributed by atoms with Crippen LogP contribution in [0.3, 0.4) is 0 Å². The molecule has 0 bridgehead atoms. The van der Waals surface area contributed by atoms with E-state index in [-0.39, 0.29) is 16.7 Å². The highest BCUT2D eigenvalue weighted by Crippen LogP contribution is 2.24. The summed E-state index contributed by atoms with van der Waals surface area (Å²) in [7, 11) is -3.35. The Balaban J connectivity index is 2.48. The molecule has 2 rings (SSSR count). The number of alkyl halides is 1. The summed E-state index contributed by atoms with van der Waals surface area (Å²) in [4.78, 5) is 8.17. The molecule has 0 fully saturated rings. The lowest BCUT2D eigenvalue weighted by Gasteiger charge is -2.09. The van der Waals surface area contributed by atoms with Crippen molar-refractivity contribution < 1.29 is 8.42 Å². The van der Waals surface area contributed by atoms with Gasteiger partial charge in [0.05, 0.1) is 5.75 Å². The maximum absolute atomic E-state index is 12.0. The Morgan fingerprint density at radius 3 is 2.71 bits per heavy atom. The molecule has 1 heterocycles. The molecule has 1 aliphatic carbocycles. The van der Waals surface area contributed by atoms with Crippen LogP contribution in [0.1, 0.15) is 30.5 Å². The molecule has 1 aromatic heterocycles. The van der Waals surface area contributed by atoms with Crippen LogP contribution in [-0.2, 0) is 22.7 Å². The molecule has 0 N–H and O–H groups in total. The minimum Gasteiger partial charge on any atom is -0.241 e. The highest BCUT2D eigenvalue weighted by atomic mass is 35.5. The van der Waals surface area contributed by atoms with Crippen LogP contribution in [0.25, 0.3) is 0 Å². The summed E-state index contributed by atoms with van der Waals surface area (Å²) in [5.41, 5.74) is 1.71. The van der Waals surface area contributed by atoms with Crippen molar-refractivity contribution >= 4 is 21.4 Å². The predicted molar refractivity (Wildman–Crippen MR) is 66.1 cm³/mol. The van der Waals surface area contributed by atoms with Crippen LogP contribution in [0, 0.1) is 0 Å². The molecule has 0 radical (unpaired) electrons. The van der Waals surface area contributed by atoms with E-state index in [4.69, 9.17) is 11.6 Å². The maximum Gasteiger partial charge on any atom is 0.197 e. The van der Waals surface area contributed by atoms with Gasteiger partial charge in [-0.25, -0.2) is 18.4 Å². The number of fused-ring (bicyclic) bond motifs is 1. The lowest BCUT2D eigenvalue weighted by atomic mass is 10.1. The Labute approximate surface area is 106 Å². The Bertz CT molecular complexity index is 502. The lowest BCUT2D eigenvalue weighted by Crippen LogP contribution is -2.14. The van der Waals surface area contributed by atoms with Crippen LogP contribution in [0.4, 0.5) is 0 Å². The van der Waals surface area contributed by atoms with Crippen molar-refractivity contribution in [2.24, 2.45) is 0 Å². The zero-order valence-corrected chi connectivity index (χ0v) is 11.1. The lowest BCUT2D eigenvalue weighted by molar-refractivity contribution is 0.590. The Kier molecular flexibility index (Phi) is 3.99. The van der Waals surface area contributed by atoms with Gasteiger partial charge < -0.3 is 0 Å². The largest absolute Gasteiger partial charge is 0.241 e. The van der Waals surface area contributed by atoms with Gasteiger partial charge >= 0.3 is 0 Å². The average molecular weight is 275 g/mol. The molecule has 0 unspecified atom stereocenters. The van der Waals surface area contributed by atoms with E-state index in [9.17, 15) is 8.42 Å². The van der Waals surface area contributed by atoms with Crippen LogP contribution in [0.2, 0.25) is 0 Å². The number of rotatable bonds is 3. The van der Waals surface area contributed by atoms with Gasteiger partial charge in [-0.1, -0.05) is 6.42 Å². The molecule has 0 amide bonds. The number of hydrogen-bond acceptors (Lipinski definition) is 4. The van der Waals surface area contributed by atoms with Crippen LogP contribution >= 0.6 is 11.6 Å². The standard InChI is InChI=1S/C11H15ClN2O2S/c12-6-7-17(15,16)11-9-4-2-1-3-5-10(9)13-8-14-11/h8H,1-7H2. The molecule has 0 saturated carbocycles. The van der Waals surface area contributed by atoms with E-state index in [0.717, 1.165) is 43.4 Å². The molecule has 6 heteroatoms. The van der Waals surface area contributed by atoms with Crippen molar-refractivity contribution in [3.05, 3.63) is 17.6 Å². The quantitative estimate of drug-likeness (QED) is 0.479. The number of aromatic nitrogens is 2. The van der Waals surface area contributed by atoms with Crippen molar-refractivity contribution in [2.75, 3.05) is 11.6 Å². The smallest absolute Gasteiger partial charge is 0.197 e. The highest BCUT2D eigenvalue weighted by Gasteiger charge is 2.23. The average Bonchev–Trinajstić information content (AvgIpc) is 2.53. The second-order valence-corrected chi connectivity index (χ2v) is 6.57. The third-order valence-electron chi connectivity index (χ3n) is 2.98. The molecule has 94 valence electrons. The van der Waals surface area contributed by atoms with Crippen molar-refractivity contribution in [2.45, 2.75) is 37.1 Å². The van der Waals surface area contributed by atoms with Crippen molar-refractivity contribution in [1.29, 1.82) is 0 Å².